The lowest BCUT2D eigenvalue weighted by molar-refractivity contribution is -0.138. The molecular weight excluding hydrogens is 1000 g/mol. The van der Waals surface area contributed by atoms with Gasteiger partial charge in [-0.1, -0.05) is 121 Å². The first-order valence-electron chi connectivity index (χ1n) is 26.7. The third-order valence-corrected chi connectivity index (χ3v) is 14.9. The molecule has 12 nitrogen and oxygen atoms in total. The molecule has 2 aliphatic rings. The van der Waals surface area contributed by atoms with Crippen molar-refractivity contribution in [3.63, 3.8) is 0 Å². The summed E-state index contributed by atoms with van der Waals surface area (Å²) >= 11 is 0. The van der Waals surface area contributed by atoms with E-state index in [1.54, 1.807) is 21.5 Å². The van der Waals surface area contributed by atoms with Crippen molar-refractivity contribution in [3.05, 3.63) is 213 Å². The minimum Gasteiger partial charge on any atom is -0.301 e. The van der Waals surface area contributed by atoms with E-state index in [1.807, 2.05) is 76.2 Å². The minimum atomic E-state index is -4.43. The fourth-order valence-electron chi connectivity index (χ4n) is 10.9. The zero-order valence-electron chi connectivity index (χ0n) is 44.5. The largest absolute Gasteiger partial charge is 0.416 e. The highest BCUT2D eigenvalue weighted by Crippen LogP contribution is 2.37. The van der Waals surface area contributed by atoms with Crippen LogP contribution in [-0.2, 0) is 25.2 Å². The third kappa shape index (κ3) is 13.6. The quantitative estimate of drug-likeness (QED) is 0.0870. The molecule has 8 aromatic rings. The summed E-state index contributed by atoms with van der Waals surface area (Å²) < 4.78 is 85.5. The summed E-state index contributed by atoms with van der Waals surface area (Å²) in [6.07, 6.45) is -4.69. The number of alkyl halides is 6. The molecule has 0 spiro atoms. The van der Waals surface area contributed by atoms with Crippen LogP contribution in [0.15, 0.2) is 146 Å². The van der Waals surface area contributed by atoms with Gasteiger partial charge in [0.05, 0.1) is 34.6 Å². The molecule has 2 saturated heterocycles. The number of hydrogen-bond acceptors (Lipinski definition) is 10. The Morgan fingerprint density at radius 3 is 1.12 bits per heavy atom. The van der Waals surface area contributed by atoms with Crippen molar-refractivity contribution >= 4 is 0 Å². The first-order valence-corrected chi connectivity index (χ1v) is 26.7. The number of tetrazole rings is 2. The number of rotatable bonds is 16. The average molecular weight is 1070 g/mol. The molecule has 408 valence electrons. The molecule has 0 N–H and O–H groups in total. The predicted octanol–water partition coefficient (Wildman–Crippen LogP) is 11.3. The Bertz CT molecular complexity index is 2930. The van der Waals surface area contributed by atoms with Gasteiger partial charge in [0.15, 0.2) is 11.6 Å². The lowest BCUT2D eigenvalue weighted by atomic mass is 10.00. The molecule has 0 bridgehead atoms. The first-order chi connectivity index (χ1) is 37.6. The van der Waals surface area contributed by atoms with Gasteiger partial charge in [0.25, 0.3) is 0 Å². The number of nitrogens with zero attached hydrogens (tertiary/aromatic N) is 12. The van der Waals surface area contributed by atoms with E-state index in [0.717, 1.165) is 111 Å². The van der Waals surface area contributed by atoms with E-state index in [-0.39, 0.29) is 0 Å². The topological polar surface area (TPSA) is 100 Å². The molecule has 2 aromatic heterocycles. The van der Waals surface area contributed by atoms with Crippen molar-refractivity contribution in [2.24, 2.45) is 0 Å². The summed E-state index contributed by atoms with van der Waals surface area (Å²) in [4.78, 5) is 9.27. The van der Waals surface area contributed by atoms with Gasteiger partial charge in [-0.05, 0) is 156 Å². The first kappa shape index (κ1) is 55.6. The van der Waals surface area contributed by atoms with Gasteiger partial charge in [0.2, 0.25) is 0 Å². The Kier molecular flexibility index (Phi) is 17.9. The van der Waals surface area contributed by atoms with E-state index >= 15 is 0 Å². The van der Waals surface area contributed by atoms with Crippen molar-refractivity contribution in [1.29, 1.82) is 0 Å². The normalized spacial score (nSPS) is 15.9. The summed E-state index contributed by atoms with van der Waals surface area (Å²) in [5.41, 5.74) is 8.08. The number of benzene rings is 6. The molecule has 0 aliphatic carbocycles. The molecule has 78 heavy (non-hydrogen) atoms. The number of aromatic nitrogens is 8. The van der Waals surface area contributed by atoms with E-state index in [4.69, 9.17) is 0 Å². The molecule has 2 atom stereocenters. The molecule has 0 amide bonds. The Morgan fingerprint density at radius 1 is 0.423 bits per heavy atom. The van der Waals surface area contributed by atoms with Gasteiger partial charge in [0.1, 0.15) is 0 Å². The van der Waals surface area contributed by atoms with Crippen LogP contribution in [0.3, 0.4) is 0 Å². The van der Waals surface area contributed by atoms with Crippen molar-refractivity contribution in [3.8, 4) is 11.4 Å². The summed E-state index contributed by atoms with van der Waals surface area (Å²) in [6.45, 7) is 16.0. The zero-order chi connectivity index (χ0) is 54.8. The molecule has 4 heterocycles. The zero-order valence-corrected chi connectivity index (χ0v) is 44.5. The van der Waals surface area contributed by atoms with Gasteiger partial charge in [0, 0.05) is 52.4 Å². The highest BCUT2D eigenvalue weighted by Gasteiger charge is 2.37. The van der Waals surface area contributed by atoms with Crippen LogP contribution in [0.5, 0.6) is 0 Å². The second kappa shape index (κ2) is 25.1. The maximum atomic E-state index is 13.7. The molecular formula is C60H66F6N12. The molecule has 0 unspecified atom stereocenters. The number of piperazine rings is 2. The second-order valence-corrected chi connectivity index (χ2v) is 20.4. The maximum absolute atomic E-state index is 13.7. The Morgan fingerprint density at radius 2 is 0.769 bits per heavy atom. The molecule has 0 radical (unpaired) electrons. The highest BCUT2D eigenvalue weighted by molar-refractivity contribution is 5.49. The fraction of sp³-hybridized carbons (Fsp3) is 0.367. The molecule has 10 rings (SSSR count). The molecule has 2 fully saturated rings. The SMILES string of the molecule is Cc1cccc(C)c1-n1nnnc1[C@@H](c1cccc(C(F)(F)F)c1)N1CCN(CCCc2ccccc2)CC1.Cc1cccc(C)c1-n1nnnc1[C@H](c1cccc(C(F)(F)F)c1)N1CCN(CCCc2ccccc2)CC1. The monoisotopic (exact) mass is 1070 g/mol. The van der Waals surface area contributed by atoms with Crippen LogP contribution in [0.25, 0.3) is 11.4 Å². The molecule has 0 saturated carbocycles. The van der Waals surface area contributed by atoms with Gasteiger partial charge >= 0.3 is 12.4 Å². The predicted molar refractivity (Wildman–Crippen MR) is 289 cm³/mol. The molecule has 2 aliphatic heterocycles. The summed E-state index contributed by atoms with van der Waals surface area (Å²) in [7, 11) is 0. The van der Waals surface area contributed by atoms with Gasteiger partial charge in [-0.15, -0.1) is 10.2 Å². The number of halogens is 6. The number of hydrogen-bond donors (Lipinski definition) is 0. The van der Waals surface area contributed by atoms with E-state index in [0.29, 0.717) is 49.0 Å². The fourth-order valence-corrected chi connectivity index (χ4v) is 10.9. The standard InChI is InChI=1S/2C30H33F3N6/c2*1-22-9-6-10-23(2)27(22)39-29(34-35-36-39)28(25-14-7-15-26(21-25)30(31,32)33)38-19-17-37(18-20-38)16-8-13-24-11-4-3-5-12-24/h2*3-7,9-12,14-15,21,28H,8,13,16-20H2,1-2H3/t2*28-/m10/s1. The third-order valence-electron chi connectivity index (χ3n) is 14.9. The molecule has 18 heteroatoms. The smallest absolute Gasteiger partial charge is 0.301 e. The Labute approximate surface area is 452 Å². The van der Waals surface area contributed by atoms with Crippen molar-refractivity contribution in [2.45, 2.75) is 77.8 Å². The van der Waals surface area contributed by atoms with E-state index < -0.39 is 35.6 Å². The lowest BCUT2D eigenvalue weighted by Crippen LogP contribution is -2.48. The van der Waals surface area contributed by atoms with Crippen LogP contribution in [0.1, 0.15) is 92.2 Å². The van der Waals surface area contributed by atoms with Crippen molar-refractivity contribution in [2.75, 3.05) is 65.4 Å². The summed E-state index contributed by atoms with van der Waals surface area (Å²) in [6, 6.07) is 42.9. The van der Waals surface area contributed by atoms with E-state index in [9.17, 15) is 26.3 Å². The second-order valence-electron chi connectivity index (χ2n) is 20.4. The van der Waals surface area contributed by atoms with E-state index in [2.05, 4.69) is 99.2 Å². The van der Waals surface area contributed by atoms with Crippen LogP contribution in [0.2, 0.25) is 0 Å². The Hall–Kier alpha value is -7.12. The summed E-state index contributed by atoms with van der Waals surface area (Å²) in [5, 5.41) is 25.3. The highest BCUT2D eigenvalue weighted by atomic mass is 19.4. The average Bonchev–Trinajstić information content (AvgIpc) is 4.19. The van der Waals surface area contributed by atoms with Gasteiger partial charge in [-0.2, -0.15) is 35.7 Å². The maximum Gasteiger partial charge on any atom is 0.416 e. The Balaban J connectivity index is 0.000000190. The van der Waals surface area contributed by atoms with Crippen LogP contribution in [0.4, 0.5) is 26.3 Å². The minimum absolute atomic E-state index is 0.518. The van der Waals surface area contributed by atoms with Crippen molar-refractivity contribution in [1.82, 2.24) is 60.0 Å². The van der Waals surface area contributed by atoms with Gasteiger partial charge in [-0.3, -0.25) is 9.80 Å². The van der Waals surface area contributed by atoms with Crippen molar-refractivity contribution < 1.29 is 26.3 Å². The number of para-hydroxylation sites is 2. The van der Waals surface area contributed by atoms with Crippen LogP contribution < -0.4 is 0 Å². The van der Waals surface area contributed by atoms with Gasteiger partial charge < -0.3 is 9.80 Å². The van der Waals surface area contributed by atoms with Gasteiger partial charge in [-0.25, -0.2) is 0 Å². The molecule has 6 aromatic carbocycles. The van der Waals surface area contributed by atoms with Crippen LogP contribution >= 0.6 is 0 Å². The lowest BCUT2D eigenvalue weighted by Gasteiger charge is -2.39. The van der Waals surface area contributed by atoms with Crippen LogP contribution in [0, 0.1) is 27.7 Å². The summed E-state index contributed by atoms with van der Waals surface area (Å²) in [5.74, 6) is 1.04. The van der Waals surface area contributed by atoms with Crippen LogP contribution in [-0.4, -0.2) is 125 Å². The van der Waals surface area contributed by atoms with E-state index in [1.165, 1.54) is 35.4 Å². The number of aryl methyl sites for hydroxylation is 6.